The molecule has 1 amide bonds. The van der Waals surface area contributed by atoms with Crippen molar-refractivity contribution >= 4 is 23.5 Å². The molecule has 6 heteroatoms. The van der Waals surface area contributed by atoms with Crippen LogP contribution < -0.4 is 4.74 Å². The van der Waals surface area contributed by atoms with Gasteiger partial charge in [-0.25, -0.2) is 4.79 Å². The predicted octanol–water partition coefficient (Wildman–Crippen LogP) is 4.07. The molecule has 24 heavy (non-hydrogen) atoms. The molecule has 1 spiro atoms. The lowest BCUT2D eigenvalue weighted by Crippen LogP contribution is -2.52. The lowest BCUT2D eigenvalue weighted by molar-refractivity contribution is -0.0226. The fraction of sp³-hybridized carbons (Fsp3) is 0.556. The maximum Gasteiger partial charge on any atom is 0.410 e. The number of Topliss-reactive ketones (excluding diaryl/α,β-unsaturated/α-hetero) is 1. The third-order valence-corrected chi connectivity index (χ3v) is 4.61. The van der Waals surface area contributed by atoms with Gasteiger partial charge in [0.2, 0.25) is 0 Å². The monoisotopic (exact) mass is 351 g/mol. The van der Waals surface area contributed by atoms with E-state index in [9.17, 15) is 9.59 Å². The minimum atomic E-state index is -0.531. The first-order chi connectivity index (χ1) is 11.2. The van der Waals surface area contributed by atoms with Gasteiger partial charge in [-0.1, -0.05) is 11.6 Å². The quantitative estimate of drug-likeness (QED) is 0.706. The SMILES string of the molecule is CC(C)(C)OC(=O)N1CCC2(CC1)CC(=O)c1cc(Cl)ccc1O2. The van der Waals surface area contributed by atoms with Crippen LogP contribution in [0.1, 0.15) is 50.4 Å². The summed E-state index contributed by atoms with van der Waals surface area (Å²) < 4.78 is 11.6. The molecule has 0 unspecified atom stereocenters. The minimum absolute atomic E-state index is 0.0458. The molecule has 1 aromatic rings. The van der Waals surface area contributed by atoms with Crippen LogP contribution in [0.2, 0.25) is 5.02 Å². The molecule has 1 saturated heterocycles. The first-order valence-electron chi connectivity index (χ1n) is 8.17. The molecule has 5 nitrogen and oxygen atoms in total. The number of hydrogen-bond donors (Lipinski definition) is 0. The molecule has 2 heterocycles. The Kier molecular flexibility index (Phi) is 4.24. The van der Waals surface area contributed by atoms with Gasteiger partial charge in [0, 0.05) is 31.0 Å². The average Bonchev–Trinajstić information content (AvgIpc) is 2.47. The second-order valence-electron chi connectivity index (χ2n) is 7.49. The number of nitrogens with zero attached hydrogens (tertiary/aromatic N) is 1. The standard InChI is InChI=1S/C18H22ClNO4/c1-17(2,3)24-16(22)20-8-6-18(7-9-20)11-14(21)13-10-12(19)4-5-15(13)23-18/h4-5,10H,6-9,11H2,1-3H3. The molecule has 2 aliphatic rings. The second kappa shape index (κ2) is 5.96. The van der Waals surface area contributed by atoms with E-state index in [-0.39, 0.29) is 11.9 Å². The molecule has 0 bridgehead atoms. The first kappa shape index (κ1) is 17.1. The summed E-state index contributed by atoms with van der Waals surface area (Å²) in [4.78, 5) is 26.3. The lowest BCUT2D eigenvalue weighted by atomic mass is 9.82. The van der Waals surface area contributed by atoms with Gasteiger partial charge in [-0.2, -0.15) is 0 Å². The molecule has 130 valence electrons. The van der Waals surface area contributed by atoms with Gasteiger partial charge in [0.1, 0.15) is 17.0 Å². The fourth-order valence-corrected chi connectivity index (χ4v) is 3.34. The van der Waals surface area contributed by atoms with E-state index in [0.717, 1.165) is 0 Å². The number of rotatable bonds is 0. The zero-order chi connectivity index (χ0) is 17.5. The molecule has 0 aromatic heterocycles. The maximum absolute atomic E-state index is 12.5. The van der Waals surface area contributed by atoms with E-state index in [4.69, 9.17) is 21.1 Å². The predicted molar refractivity (Wildman–Crippen MR) is 90.8 cm³/mol. The summed E-state index contributed by atoms with van der Waals surface area (Å²) >= 11 is 5.96. The molecule has 0 saturated carbocycles. The van der Waals surface area contributed by atoms with E-state index in [1.54, 1.807) is 23.1 Å². The van der Waals surface area contributed by atoms with E-state index in [1.807, 2.05) is 20.8 Å². The molecular formula is C18H22ClNO4. The Morgan fingerprint density at radius 2 is 1.96 bits per heavy atom. The summed E-state index contributed by atoms with van der Waals surface area (Å²) in [5.41, 5.74) is -0.499. The van der Waals surface area contributed by atoms with Gasteiger partial charge in [0.25, 0.3) is 0 Å². The van der Waals surface area contributed by atoms with Crippen molar-refractivity contribution in [3.63, 3.8) is 0 Å². The Balaban J connectivity index is 1.69. The van der Waals surface area contributed by atoms with Gasteiger partial charge in [-0.05, 0) is 39.0 Å². The zero-order valence-electron chi connectivity index (χ0n) is 14.2. The Labute approximate surface area is 146 Å². The van der Waals surface area contributed by atoms with Crippen molar-refractivity contribution < 1.29 is 19.1 Å². The van der Waals surface area contributed by atoms with E-state index < -0.39 is 11.2 Å². The third kappa shape index (κ3) is 3.51. The van der Waals surface area contributed by atoms with Crippen LogP contribution in [0.4, 0.5) is 4.79 Å². The number of ketones is 1. The summed E-state index contributed by atoms with van der Waals surface area (Å²) in [6.45, 7) is 6.58. The van der Waals surface area contributed by atoms with Crippen molar-refractivity contribution in [1.82, 2.24) is 4.90 Å². The fourth-order valence-electron chi connectivity index (χ4n) is 3.17. The number of ether oxygens (including phenoxy) is 2. The Morgan fingerprint density at radius 1 is 1.29 bits per heavy atom. The van der Waals surface area contributed by atoms with E-state index >= 15 is 0 Å². The van der Waals surface area contributed by atoms with Gasteiger partial charge < -0.3 is 14.4 Å². The molecule has 1 aromatic carbocycles. The topological polar surface area (TPSA) is 55.8 Å². The highest BCUT2D eigenvalue weighted by Gasteiger charge is 2.44. The minimum Gasteiger partial charge on any atom is -0.486 e. The molecule has 0 aliphatic carbocycles. The van der Waals surface area contributed by atoms with E-state index in [0.29, 0.717) is 48.7 Å². The van der Waals surface area contributed by atoms with Gasteiger partial charge in [-0.3, -0.25) is 4.79 Å². The summed E-state index contributed by atoms with van der Waals surface area (Å²) in [6.07, 6.45) is 1.23. The summed E-state index contributed by atoms with van der Waals surface area (Å²) in [5, 5.41) is 0.529. The molecular weight excluding hydrogens is 330 g/mol. The normalized spacial score (nSPS) is 19.7. The average molecular weight is 352 g/mol. The number of piperidine rings is 1. The Hall–Kier alpha value is -1.75. The van der Waals surface area contributed by atoms with Crippen molar-refractivity contribution in [3.8, 4) is 5.75 Å². The van der Waals surface area contributed by atoms with Crippen LogP contribution in [0.25, 0.3) is 0 Å². The summed E-state index contributed by atoms with van der Waals surface area (Å²) in [6, 6.07) is 5.13. The largest absolute Gasteiger partial charge is 0.486 e. The number of benzene rings is 1. The van der Waals surface area contributed by atoms with Crippen LogP contribution in [0, 0.1) is 0 Å². The van der Waals surface area contributed by atoms with Crippen LogP contribution in [0.3, 0.4) is 0 Å². The highest BCUT2D eigenvalue weighted by Crippen LogP contribution is 2.40. The highest BCUT2D eigenvalue weighted by molar-refractivity contribution is 6.31. The lowest BCUT2D eigenvalue weighted by Gasteiger charge is -2.44. The molecule has 2 aliphatic heterocycles. The van der Waals surface area contributed by atoms with Crippen molar-refractivity contribution in [2.45, 2.75) is 51.2 Å². The Morgan fingerprint density at radius 3 is 2.58 bits per heavy atom. The summed E-state index contributed by atoms with van der Waals surface area (Å²) in [5.74, 6) is 0.630. The number of amides is 1. The zero-order valence-corrected chi connectivity index (χ0v) is 15.0. The Bertz CT molecular complexity index is 672. The van der Waals surface area contributed by atoms with E-state index in [2.05, 4.69) is 0 Å². The number of hydrogen-bond acceptors (Lipinski definition) is 4. The third-order valence-electron chi connectivity index (χ3n) is 4.38. The molecule has 3 rings (SSSR count). The highest BCUT2D eigenvalue weighted by atomic mass is 35.5. The van der Waals surface area contributed by atoms with Crippen molar-refractivity contribution in [2.75, 3.05) is 13.1 Å². The molecule has 0 radical (unpaired) electrons. The summed E-state index contributed by atoms with van der Waals surface area (Å²) in [7, 11) is 0. The van der Waals surface area contributed by atoms with Gasteiger partial charge >= 0.3 is 6.09 Å². The molecule has 0 N–H and O–H groups in total. The number of halogens is 1. The molecule has 1 fully saturated rings. The van der Waals surface area contributed by atoms with Crippen LogP contribution in [0.15, 0.2) is 18.2 Å². The first-order valence-corrected chi connectivity index (χ1v) is 8.55. The second-order valence-corrected chi connectivity index (χ2v) is 7.93. The number of fused-ring (bicyclic) bond motifs is 1. The van der Waals surface area contributed by atoms with Crippen molar-refractivity contribution in [2.24, 2.45) is 0 Å². The number of carbonyl (C=O) groups excluding carboxylic acids is 2. The van der Waals surface area contributed by atoms with Crippen LogP contribution in [0.5, 0.6) is 5.75 Å². The van der Waals surface area contributed by atoms with Crippen molar-refractivity contribution in [1.29, 1.82) is 0 Å². The van der Waals surface area contributed by atoms with E-state index in [1.165, 1.54) is 0 Å². The van der Waals surface area contributed by atoms with Crippen LogP contribution in [-0.2, 0) is 4.74 Å². The smallest absolute Gasteiger partial charge is 0.410 e. The molecule has 0 atom stereocenters. The van der Waals surface area contributed by atoms with Gasteiger partial charge in [-0.15, -0.1) is 0 Å². The maximum atomic E-state index is 12.5. The van der Waals surface area contributed by atoms with Crippen LogP contribution >= 0.6 is 11.6 Å². The number of likely N-dealkylation sites (tertiary alicyclic amines) is 1. The number of carbonyl (C=O) groups is 2. The van der Waals surface area contributed by atoms with Crippen LogP contribution in [-0.4, -0.2) is 41.1 Å². The van der Waals surface area contributed by atoms with Crippen molar-refractivity contribution in [3.05, 3.63) is 28.8 Å². The van der Waals surface area contributed by atoms with Gasteiger partial charge in [0.15, 0.2) is 5.78 Å². The van der Waals surface area contributed by atoms with Gasteiger partial charge in [0.05, 0.1) is 12.0 Å².